The van der Waals surface area contributed by atoms with E-state index in [4.69, 9.17) is 0 Å². The van der Waals surface area contributed by atoms with E-state index >= 15 is 0 Å². The predicted octanol–water partition coefficient (Wildman–Crippen LogP) is 4.96. The van der Waals surface area contributed by atoms with Gasteiger partial charge in [0, 0.05) is 0 Å². The molecular formula is C17H15. The molecule has 0 bridgehead atoms. The molecule has 0 unspecified atom stereocenters. The molecule has 0 saturated heterocycles. The fraction of sp³-hybridized carbons (Fsp3) is 0.118. The summed E-state index contributed by atoms with van der Waals surface area (Å²) in [6.07, 6.45) is 0. The predicted molar refractivity (Wildman–Crippen MR) is 75.1 cm³/mol. The molecule has 0 saturated carbocycles. The molecule has 3 rings (SSSR count). The van der Waals surface area contributed by atoms with Crippen molar-refractivity contribution in [3.8, 4) is 0 Å². The topological polar surface area (TPSA) is 0 Å². The summed E-state index contributed by atoms with van der Waals surface area (Å²) >= 11 is 0. The van der Waals surface area contributed by atoms with Crippen molar-refractivity contribution >= 4 is 21.5 Å². The van der Waals surface area contributed by atoms with Gasteiger partial charge in [0.2, 0.25) is 0 Å². The zero-order chi connectivity index (χ0) is 11.8. The number of rotatable bonds is 1. The van der Waals surface area contributed by atoms with Gasteiger partial charge in [-0.2, -0.15) is 0 Å². The molecule has 3 aromatic carbocycles. The van der Waals surface area contributed by atoms with Crippen LogP contribution < -0.4 is 0 Å². The molecular weight excluding hydrogens is 204 g/mol. The van der Waals surface area contributed by atoms with E-state index < -0.39 is 0 Å². The van der Waals surface area contributed by atoms with E-state index in [9.17, 15) is 0 Å². The van der Waals surface area contributed by atoms with Crippen LogP contribution in [0.25, 0.3) is 21.5 Å². The summed E-state index contributed by atoms with van der Waals surface area (Å²) < 4.78 is 0. The third-order valence-corrected chi connectivity index (χ3v) is 3.28. The van der Waals surface area contributed by atoms with Gasteiger partial charge in [0.15, 0.2) is 0 Å². The Kier molecular flexibility index (Phi) is 2.36. The fourth-order valence-electron chi connectivity index (χ4n) is 2.25. The second kappa shape index (κ2) is 3.89. The zero-order valence-electron chi connectivity index (χ0n) is 10.2. The van der Waals surface area contributed by atoms with Crippen LogP contribution in [0.3, 0.4) is 0 Å². The van der Waals surface area contributed by atoms with Gasteiger partial charge in [0.25, 0.3) is 0 Å². The van der Waals surface area contributed by atoms with Crippen molar-refractivity contribution < 1.29 is 0 Å². The average Bonchev–Trinajstić information content (AvgIpc) is 2.35. The summed E-state index contributed by atoms with van der Waals surface area (Å²) in [4.78, 5) is 0. The SMILES string of the molecule is C[C](C)c1ccc2cc3ccccc3cc2c1. The molecule has 83 valence electrons. The molecule has 17 heavy (non-hydrogen) atoms. The normalized spacial score (nSPS) is 11.5. The van der Waals surface area contributed by atoms with Crippen LogP contribution in [0, 0.1) is 5.92 Å². The van der Waals surface area contributed by atoms with Crippen molar-refractivity contribution in [2.45, 2.75) is 13.8 Å². The van der Waals surface area contributed by atoms with Crippen LogP contribution >= 0.6 is 0 Å². The fourth-order valence-corrected chi connectivity index (χ4v) is 2.25. The first-order valence-electron chi connectivity index (χ1n) is 5.97. The van der Waals surface area contributed by atoms with Crippen LogP contribution in [0.1, 0.15) is 19.4 Å². The summed E-state index contributed by atoms with van der Waals surface area (Å²) in [5, 5.41) is 5.26. The van der Waals surface area contributed by atoms with Gasteiger partial charge in [-0.25, -0.2) is 0 Å². The van der Waals surface area contributed by atoms with Gasteiger partial charge in [0.1, 0.15) is 0 Å². The Hall–Kier alpha value is -1.82. The molecule has 0 spiro atoms. The highest BCUT2D eigenvalue weighted by molar-refractivity contribution is 5.98. The number of hydrogen-bond donors (Lipinski definition) is 0. The molecule has 0 atom stereocenters. The lowest BCUT2D eigenvalue weighted by molar-refractivity contribution is 1.15. The summed E-state index contributed by atoms with van der Waals surface area (Å²) in [5.74, 6) is 1.36. The standard InChI is InChI=1S/C17H15/c1-12(2)13-7-8-16-10-14-5-3-4-6-15(14)11-17(16)9-13/h3-11H,1-2H3. The monoisotopic (exact) mass is 219 g/mol. The Morgan fingerprint density at radius 2 is 1.24 bits per heavy atom. The molecule has 0 heterocycles. The van der Waals surface area contributed by atoms with Crippen molar-refractivity contribution in [2.24, 2.45) is 0 Å². The summed E-state index contributed by atoms with van der Waals surface area (Å²) in [6.45, 7) is 4.31. The second-order valence-corrected chi connectivity index (χ2v) is 4.76. The van der Waals surface area contributed by atoms with Crippen molar-refractivity contribution in [1.82, 2.24) is 0 Å². The number of hydrogen-bond acceptors (Lipinski definition) is 0. The molecule has 0 aliphatic heterocycles. The molecule has 0 nitrogen and oxygen atoms in total. The molecule has 0 amide bonds. The van der Waals surface area contributed by atoms with E-state index in [1.807, 2.05) is 0 Å². The first kappa shape index (κ1) is 10.3. The largest absolute Gasteiger partial charge is 0.0616 e. The minimum Gasteiger partial charge on any atom is -0.0616 e. The molecule has 0 heteroatoms. The Bertz CT molecular complexity index is 678. The third kappa shape index (κ3) is 1.80. The summed E-state index contributed by atoms with van der Waals surface area (Å²) in [6, 6.07) is 19.7. The molecule has 1 radical (unpaired) electrons. The van der Waals surface area contributed by atoms with Gasteiger partial charge in [-0.05, 0) is 45.2 Å². The maximum Gasteiger partial charge on any atom is -0.00118 e. The zero-order valence-corrected chi connectivity index (χ0v) is 10.2. The van der Waals surface area contributed by atoms with Crippen LogP contribution in [0.4, 0.5) is 0 Å². The molecule has 3 aromatic rings. The van der Waals surface area contributed by atoms with E-state index in [0.29, 0.717) is 0 Å². The van der Waals surface area contributed by atoms with Gasteiger partial charge in [-0.3, -0.25) is 0 Å². The quantitative estimate of drug-likeness (QED) is 0.508. The van der Waals surface area contributed by atoms with Gasteiger partial charge in [-0.1, -0.05) is 56.3 Å². The first-order valence-corrected chi connectivity index (χ1v) is 5.97. The minimum absolute atomic E-state index is 1.31. The van der Waals surface area contributed by atoms with Crippen molar-refractivity contribution in [2.75, 3.05) is 0 Å². The molecule has 0 fully saturated rings. The highest BCUT2D eigenvalue weighted by Crippen LogP contribution is 2.25. The first-order chi connectivity index (χ1) is 8.24. The van der Waals surface area contributed by atoms with E-state index in [2.05, 4.69) is 68.4 Å². The number of benzene rings is 3. The lowest BCUT2D eigenvalue weighted by Gasteiger charge is -2.07. The van der Waals surface area contributed by atoms with Crippen LogP contribution in [-0.4, -0.2) is 0 Å². The summed E-state index contributed by atoms with van der Waals surface area (Å²) in [7, 11) is 0. The van der Waals surface area contributed by atoms with Crippen LogP contribution in [-0.2, 0) is 0 Å². The molecule has 0 aromatic heterocycles. The Morgan fingerprint density at radius 1 is 0.647 bits per heavy atom. The Labute approximate surface area is 102 Å². The maximum atomic E-state index is 2.27. The minimum atomic E-state index is 1.31. The maximum absolute atomic E-state index is 2.27. The van der Waals surface area contributed by atoms with Crippen molar-refractivity contribution in [1.29, 1.82) is 0 Å². The third-order valence-electron chi connectivity index (χ3n) is 3.28. The van der Waals surface area contributed by atoms with E-state index in [0.717, 1.165) is 0 Å². The van der Waals surface area contributed by atoms with Crippen LogP contribution in [0.2, 0.25) is 0 Å². The lowest BCUT2D eigenvalue weighted by atomic mass is 9.97. The Morgan fingerprint density at radius 3 is 1.88 bits per heavy atom. The van der Waals surface area contributed by atoms with Gasteiger partial charge < -0.3 is 0 Å². The Balaban J connectivity index is 2.32. The summed E-state index contributed by atoms with van der Waals surface area (Å²) in [5.41, 5.74) is 1.33. The second-order valence-electron chi connectivity index (χ2n) is 4.76. The lowest BCUT2D eigenvalue weighted by Crippen LogP contribution is -1.87. The average molecular weight is 219 g/mol. The molecule has 0 N–H and O–H groups in total. The van der Waals surface area contributed by atoms with E-state index in [-0.39, 0.29) is 0 Å². The van der Waals surface area contributed by atoms with Gasteiger partial charge in [-0.15, -0.1) is 0 Å². The smallest absolute Gasteiger partial charge is 0.00118 e. The van der Waals surface area contributed by atoms with Gasteiger partial charge in [0.05, 0.1) is 0 Å². The van der Waals surface area contributed by atoms with E-state index in [1.54, 1.807) is 0 Å². The van der Waals surface area contributed by atoms with Crippen molar-refractivity contribution in [3.05, 3.63) is 66.1 Å². The van der Waals surface area contributed by atoms with Crippen molar-refractivity contribution in [3.63, 3.8) is 0 Å². The van der Waals surface area contributed by atoms with Gasteiger partial charge >= 0.3 is 0 Å². The molecule has 0 aliphatic carbocycles. The van der Waals surface area contributed by atoms with E-state index in [1.165, 1.54) is 33.0 Å². The highest BCUT2D eigenvalue weighted by Gasteiger charge is 2.02. The molecule has 0 aliphatic rings. The highest BCUT2D eigenvalue weighted by atomic mass is 14.1. The van der Waals surface area contributed by atoms with Crippen LogP contribution in [0.15, 0.2) is 54.6 Å². The van der Waals surface area contributed by atoms with Crippen LogP contribution in [0.5, 0.6) is 0 Å². The number of fused-ring (bicyclic) bond motifs is 2.